The van der Waals surface area contributed by atoms with Gasteiger partial charge in [-0.3, -0.25) is 0 Å². The second-order valence-corrected chi connectivity index (χ2v) is 2.55. The molecule has 1 N–H and O–H groups in total. The van der Waals surface area contributed by atoms with Crippen molar-refractivity contribution >= 4 is 0 Å². The molecular weight excluding hydrogens is 136 g/mol. The Morgan fingerprint density at radius 2 is 1.73 bits per heavy atom. The molecular formula is C10H14O. The summed E-state index contributed by atoms with van der Waals surface area (Å²) >= 11 is 0. The standard InChI is InChI=1S/C10H14O/c1-4-7-9(8-5-2)10(11)6-3/h1-2,9-11H,6-8H2,3H3. The molecule has 0 fully saturated rings. The Morgan fingerprint density at radius 3 is 2.00 bits per heavy atom. The summed E-state index contributed by atoms with van der Waals surface area (Å²) in [6, 6.07) is 0. The Morgan fingerprint density at radius 1 is 1.27 bits per heavy atom. The highest BCUT2D eigenvalue weighted by molar-refractivity contribution is 4.95. The minimum absolute atomic E-state index is 0.0787. The molecule has 0 radical (unpaired) electrons. The second kappa shape index (κ2) is 5.83. The fraction of sp³-hybridized carbons (Fsp3) is 0.600. The summed E-state index contributed by atoms with van der Waals surface area (Å²) in [5, 5.41) is 9.39. The summed E-state index contributed by atoms with van der Waals surface area (Å²) in [5.74, 6) is 5.10. The molecule has 1 unspecified atom stereocenters. The van der Waals surface area contributed by atoms with Crippen LogP contribution in [0, 0.1) is 30.6 Å². The molecule has 0 aliphatic rings. The van der Waals surface area contributed by atoms with Gasteiger partial charge in [-0.1, -0.05) is 6.92 Å². The van der Waals surface area contributed by atoms with Crippen LogP contribution in [0.25, 0.3) is 0 Å². The van der Waals surface area contributed by atoms with Gasteiger partial charge in [-0.2, -0.15) is 0 Å². The van der Waals surface area contributed by atoms with Crippen molar-refractivity contribution in [1.29, 1.82) is 0 Å². The summed E-state index contributed by atoms with van der Waals surface area (Å²) in [4.78, 5) is 0. The highest BCUT2D eigenvalue weighted by atomic mass is 16.3. The van der Waals surface area contributed by atoms with Gasteiger partial charge in [0.1, 0.15) is 0 Å². The summed E-state index contributed by atoms with van der Waals surface area (Å²) in [7, 11) is 0. The van der Waals surface area contributed by atoms with Gasteiger partial charge in [-0.15, -0.1) is 24.7 Å². The zero-order valence-electron chi connectivity index (χ0n) is 6.88. The highest BCUT2D eigenvalue weighted by Crippen LogP contribution is 2.14. The molecule has 0 aliphatic carbocycles. The van der Waals surface area contributed by atoms with Crippen LogP contribution in [0.3, 0.4) is 0 Å². The van der Waals surface area contributed by atoms with Gasteiger partial charge in [0, 0.05) is 18.8 Å². The molecule has 0 bridgehead atoms. The van der Waals surface area contributed by atoms with Gasteiger partial charge in [0.25, 0.3) is 0 Å². The lowest BCUT2D eigenvalue weighted by Gasteiger charge is -2.16. The van der Waals surface area contributed by atoms with Crippen LogP contribution in [-0.4, -0.2) is 11.2 Å². The third kappa shape index (κ3) is 3.71. The summed E-state index contributed by atoms with van der Waals surface area (Å²) < 4.78 is 0. The molecule has 0 saturated heterocycles. The Labute approximate surface area is 68.8 Å². The zero-order valence-corrected chi connectivity index (χ0v) is 6.88. The molecule has 1 atom stereocenters. The molecule has 0 aromatic heterocycles. The van der Waals surface area contributed by atoms with E-state index in [1.807, 2.05) is 6.92 Å². The van der Waals surface area contributed by atoms with Gasteiger partial charge in [-0.25, -0.2) is 0 Å². The van der Waals surface area contributed by atoms with Gasteiger partial charge >= 0.3 is 0 Å². The zero-order chi connectivity index (χ0) is 8.69. The quantitative estimate of drug-likeness (QED) is 0.601. The van der Waals surface area contributed by atoms with Crippen molar-refractivity contribution in [2.24, 2.45) is 5.92 Å². The molecule has 0 heterocycles. The molecule has 11 heavy (non-hydrogen) atoms. The van der Waals surface area contributed by atoms with Crippen LogP contribution in [0.15, 0.2) is 0 Å². The van der Waals surface area contributed by atoms with Crippen LogP contribution in [0.2, 0.25) is 0 Å². The topological polar surface area (TPSA) is 20.2 Å². The Bertz CT molecular complexity index is 154. The largest absolute Gasteiger partial charge is 0.393 e. The summed E-state index contributed by atoms with van der Waals surface area (Å²) in [5.41, 5.74) is 0. The van der Waals surface area contributed by atoms with Gasteiger partial charge in [0.2, 0.25) is 0 Å². The molecule has 0 aromatic rings. The van der Waals surface area contributed by atoms with E-state index >= 15 is 0 Å². The van der Waals surface area contributed by atoms with Crippen molar-refractivity contribution in [2.75, 3.05) is 0 Å². The maximum Gasteiger partial charge on any atom is 0.0584 e. The summed E-state index contributed by atoms with van der Waals surface area (Å²) in [6.45, 7) is 1.92. The lowest BCUT2D eigenvalue weighted by Crippen LogP contribution is -2.18. The van der Waals surface area contributed by atoms with E-state index in [2.05, 4.69) is 11.8 Å². The van der Waals surface area contributed by atoms with E-state index in [1.54, 1.807) is 0 Å². The maximum atomic E-state index is 9.39. The third-order valence-electron chi connectivity index (χ3n) is 1.72. The van der Waals surface area contributed by atoms with Crippen molar-refractivity contribution in [2.45, 2.75) is 32.3 Å². The highest BCUT2D eigenvalue weighted by Gasteiger charge is 2.14. The third-order valence-corrected chi connectivity index (χ3v) is 1.72. The van der Waals surface area contributed by atoms with Crippen molar-refractivity contribution < 1.29 is 5.11 Å². The van der Waals surface area contributed by atoms with Crippen LogP contribution >= 0.6 is 0 Å². The number of aliphatic hydroxyl groups excluding tert-OH is 1. The predicted octanol–water partition coefficient (Wildman–Crippen LogP) is 1.42. The van der Waals surface area contributed by atoms with Gasteiger partial charge in [0.05, 0.1) is 6.10 Å². The van der Waals surface area contributed by atoms with E-state index in [0.29, 0.717) is 19.3 Å². The van der Waals surface area contributed by atoms with Crippen molar-refractivity contribution in [3.05, 3.63) is 0 Å². The normalized spacial score (nSPS) is 12.1. The van der Waals surface area contributed by atoms with Crippen molar-refractivity contribution in [3.8, 4) is 24.7 Å². The van der Waals surface area contributed by atoms with Crippen LogP contribution in [-0.2, 0) is 0 Å². The first-order valence-corrected chi connectivity index (χ1v) is 3.81. The molecule has 0 aliphatic heterocycles. The lowest BCUT2D eigenvalue weighted by molar-refractivity contribution is 0.108. The Hall–Kier alpha value is -0.920. The molecule has 1 heteroatoms. The molecule has 0 spiro atoms. The van der Waals surface area contributed by atoms with Crippen molar-refractivity contribution in [3.63, 3.8) is 0 Å². The average molecular weight is 150 g/mol. The lowest BCUT2D eigenvalue weighted by atomic mass is 9.94. The number of hydrogen-bond acceptors (Lipinski definition) is 1. The van der Waals surface area contributed by atoms with Crippen LogP contribution in [0.5, 0.6) is 0 Å². The van der Waals surface area contributed by atoms with E-state index in [0.717, 1.165) is 0 Å². The van der Waals surface area contributed by atoms with Crippen LogP contribution in [0.4, 0.5) is 0 Å². The van der Waals surface area contributed by atoms with Crippen LogP contribution < -0.4 is 0 Å². The minimum Gasteiger partial charge on any atom is -0.393 e. The Kier molecular flexibility index (Phi) is 5.35. The fourth-order valence-electron chi connectivity index (χ4n) is 0.980. The molecule has 1 nitrogen and oxygen atoms in total. The Balaban J connectivity index is 3.91. The van der Waals surface area contributed by atoms with E-state index in [4.69, 9.17) is 12.8 Å². The number of hydrogen-bond donors (Lipinski definition) is 1. The smallest absolute Gasteiger partial charge is 0.0584 e. The van der Waals surface area contributed by atoms with E-state index in [-0.39, 0.29) is 12.0 Å². The van der Waals surface area contributed by atoms with Gasteiger partial charge < -0.3 is 5.11 Å². The first-order chi connectivity index (χ1) is 5.26. The van der Waals surface area contributed by atoms with Crippen molar-refractivity contribution in [1.82, 2.24) is 0 Å². The van der Waals surface area contributed by atoms with E-state index in [1.165, 1.54) is 0 Å². The van der Waals surface area contributed by atoms with Crippen LogP contribution in [0.1, 0.15) is 26.2 Å². The van der Waals surface area contributed by atoms with E-state index in [9.17, 15) is 5.11 Å². The fourth-order valence-corrected chi connectivity index (χ4v) is 0.980. The van der Waals surface area contributed by atoms with E-state index < -0.39 is 0 Å². The predicted molar refractivity (Wildman–Crippen MR) is 46.7 cm³/mol. The van der Waals surface area contributed by atoms with Gasteiger partial charge in [0.15, 0.2) is 0 Å². The van der Waals surface area contributed by atoms with Gasteiger partial charge in [-0.05, 0) is 6.42 Å². The molecule has 0 rings (SSSR count). The molecule has 0 saturated carbocycles. The number of terminal acetylenes is 2. The first kappa shape index (κ1) is 10.1. The monoisotopic (exact) mass is 150 g/mol. The first-order valence-electron chi connectivity index (χ1n) is 3.81. The maximum absolute atomic E-state index is 9.39. The average Bonchev–Trinajstić information content (AvgIpc) is 2.03. The molecule has 0 amide bonds. The summed E-state index contributed by atoms with van der Waals surface area (Å²) in [6.07, 6.45) is 11.8. The number of aliphatic hydroxyl groups is 1. The molecule has 0 aromatic carbocycles. The number of rotatable bonds is 4. The minimum atomic E-state index is -0.345. The molecule has 60 valence electrons. The SMILES string of the molecule is C#CCC(CC#C)C(O)CC. The second-order valence-electron chi connectivity index (χ2n) is 2.55.